The molecule has 3 heteroatoms. The summed E-state index contributed by atoms with van der Waals surface area (Å²) in [5.41, 5.74) is -0.195. The summed E-state index contributed by atoms with van der Waals surface area (Å²) < 4.78 is 13.2. The number of carbonyl (C=O) groups excluding carboxylic acids is 1. The Hall–Kier alpha value is -1.66. The maximum absolute atomic E-state index is 13.2. The lowest BCUT2D eigenvalue weighted by Crippen LogP contribution is -2.21. The van der Waals surface area contributed by atoms with Crippen LogP contribution in [0.1, 0.15) is 13.3 Å². The molecule has 0 aliphatic heterocycles. The molecule has 0 heterocycles. The van der Waals surface area contributed by atoms with Crippen LogP contribution in [0.3, 0.4) is 0 Å². The van der Waals surface area contributed by atoms with Gasteiger partial charge in [-0.15, -0.1) is 0 Å². The average molecular weight is 258 g/mol. The Bertz CT molecular complexity index is 532. The highest BCUT2D eigenvalue weighted by Crippen LogP contribution is 2.45. The summed E-state index contributed by atoms with van der Waals surface area (Å²) >= 11 is 0. The molecule has 0 radical (unpaired) electrons. The van der Waals surface area contributed by atoms with E-state index in [1.165, 1.54) is 0 Å². The van der Waals surface area contributed by atoms with Gasteiger partial charge in [-0.25, -0.2) is 0 Å². The van der Waals surface area contributed by atoms with Gasteiger partial charge in [-0.05, 0) is 0 Å². The van der Waals surface area contributed by atoms with E-state index in [1.807, 2.05) is 36.4 Å². The molecular weight excluding hydrogens is 243 g/mol. The molecule has 2 aromatic rings. The van der Waals surface area contributed by atoms with Crippen molar-refractivity contribution in [2.24, 2.45) is 0 Å². The van der Waals surface area contributed by atoms with Gasteiger partial charge in [0.15, 0.2) is 5.52 Å². The normalized spacial score (nSPS) is 11.2. The zero-order valence-electron chi connectivity index (χ0n) is 10.2. The molecule has 0 aromatic heterocycles. The molecule has 2 aromatic carbocycles. The van der Waals surface area contributed by atoms with Gasteiger partial charge in [-0.1, -0.05) is 67.6 Å². The SMILES string of the molecule is CCC(=O)P(=O)(c1ccccc1)c1ccccc1. The summed E-state index contributed by atoms with van der Waals surface area (Å²) in [6, 6.07) is 18.0. The van der Waals surface area contributed by atoms with Crippen LogP contribution >= 0.6 is 7.14 Å². The fourth-order valence-corrected chi connectivity index (χ4v) is 4.44. The van der Waals surface area contributed by atoms with E-state index in [9.17, 15) is 9.36 Å². The molecule has 2 nitrogen and oxygen atoms in total. The Morgan fingerprint density at radius 1 is 0.889 bits per heavy atom. The predicted molar refractivity (Wildman–Crippen MR) is 75.1 cm³/mol. The largest absolute Gasteiger partial charge is 0.306 e. The second-order valence-corrected chi connectivity index (χ2v) is 6.78. The summed E-state index contributed by atoms with van der Waals surface area (Å²) in [5.74, 6) is 0. The molecule has 0 bridgehead atoms. The van der Waals surface area contributed by atoms with Gasteiger partial charge in [0, 0.05) is 17.0 Å². The Morgan fingerprint density at radius 3 is 1.61 bits per heavy atom. The second-order valence-electron chi connectivity index (χ2n) is 4.03. The van der Waals surface area contributed by atoms with Crippen LogP contribution in [0.4, 0.5) is 0 Å². The van der Waals surface area contributed by atoms with Crippen LogP contribution in [-0.2, 0) is 9.36 Å². The van der Waals surface area contributed by atoms with Crippen molar-refractivity contribution in [3.63, 3.8) is 0 Å². The van der Waals surface area contributed by atoms with Gasteiger partial charge in [-0.2, -0.15) is 0 Å². The van der Waals surface area contributed by atoms with E-state index in [0.29, 0.717) is 10.6 Å². The smallest absolute Gasteiger partial charge is 0.205 e. The van der Waals surface area contributed by atoms with Crippen LogP contribution in [-0.4, -0.2) is 5.52 Å². The predicted octanol–water partition coefficient (Wildman–Crippen LogP) is 2.94. The monoisotopic (exact) mass is 258 g/mol. The van der Waals surface area contributed by atoms with Gasteiger partial charge < -0.3 is 4.57 Å². The maximum atomic E-state index is 13.2. The number of carbonyl (C=O) groups is 1. The standard InChI is InChI=1S/C15H15O2P/c1-2-15(16)18(17,13-9-5-3-6-10-13)14-11-7-4-8-12-14/h3-12H,2H2,1H3. The third-order valence-electron chi connectivity index (χ3n) is 2.89. The van der Waals surface area contributed by atoms with E-state index >= 15 is 0 Å². The molecule has 0 fully saturated rings. The molecule has 0 spiro atoms. The van der Waals surface area contributed by atoms with Crippen molar-refractivity contribution < 1.29 is 9.36 Å². The first kappa shape index (κ1) is 12.8. The summed E-state index contributed by atoms with van der Waals surface area (Å²) in [7, 11) is -3.15. The fraction of sp³-hybridized carbons (Fsp3) is 0.133. The quantitative estimate of drug-likeness (QED) is 0.790. The minimum Gasteiger partial charge on any atom is -0.306 e. The first-order valence-electron chi connectivity index (χ1n) is 5.94. The average Bonchev–Trinajstić information content (AvgIpc) is 2.47. The van der Waals surface area contributed by atoms with Gasteiger partial charge in [0.1, 0.15) is 0 Å². The minimum atomic E-state index is -3.15. The lowest BCUT2D eigenvalue weighted by Gasteiger charge is -2.17. The zero-order chi connectivity index (χ0) is 13.0. The van der Waals surface area contributed by atoms with Crippen LogP contribution in [0.25, 0.3) is 0 Å². The van der Waals surface area contributed by atoms with Crippen molar-refractivity contribution in [3.05, 3.63) is 60.7 Å². The highest BCUT2D eigenvalue weighted by molar-refractivity contribution is 7.92. The minimum absolute atomic E-state index is 0.195. The molecule has 2 rings (SSSR count). The first-order chi connectivity index (χ1) is 8.69. The Labute approximate surface area is 107 Å². The van der Waals surface area contributed by atoms with E-state index in [2.05, 4.69) is 0 Å². The van der Waals surface area contributed by atoms with Gasteiger partial charge in [-0.3, -0.25) is 4.79 Å². The van der Waals surface area contributed by atoms with Crippen LogP contribution in [0.2, 0.25) is 0 Å². The van der Waals surface area contributed by atoms with Crippen molar-refractivity contribution >= 4 is 23.3 Å². The first-order valence-corrected chi connectivity index (χ1v) is 7.65. The number of rotatable bonds is 4. The van der Waals surface area contributed by atoms with Gasteiger partial charge in [0.05, 0.1) is 0 Å². The van der Waals surface area contributed by atoms with Crippen LogP contribution in [0, 0.1) is 0 Å². The Balaban J connectivity index is 2.63. The summed E-state index contributed by atoms with van der Waals surface area (Å²) in [4.78, 5) is 12.2. The Kier molecular flexibility index (Phi) is 3.78. The van der Waals surface area contributed by atoms with E-state index in [4.69, 9.17) is 0 Å². The molecule has 0 unspecified atom stereocenters. The zero-order valence-corrected chi connectivity index (χ0v) is 11.1. The van der Waals surface area contributed by atoms with E-state index in [0.717, 1.165) is 0 Å². The third-order valence-corrected chi connectivity index (χ3v) is 5.96. The number of hydrogen-bond donors (Lipinski definition) is 0. The fourth-order valence-electron chi connectivity index (χ4n) is 1.94. The van der Waals surface area contributed by atoms with Crippen molar-refractivity contribution in [3.8, 4) is 0 Å². The molecule has 18 heavy (non-hydrogen) atoms. The molecule has 0 aliphatic rings. The lowest BCUT2D eigenvalue weighted by molar-refractivity contribution is -0.111. The molecule has 0 aliphatic carbocycles. The molecule has 0 saturated heterocycles. The summed E-state index contributed by atoms with van der Waals surface area (Å²) in [6.07, 6.45) is 0.279. The van der Waals surface area contributed by atoms with Gasteiger partial charge in [0.25, 0.3) is 0 Å². The highest BCUT2D eigenvalue weighted by atomic mass is 31.2. The Morgan fingerprint density at radius 2 is 1.28 bits per heavy atom. The van der Waals surface area contributed by atoms with E-state index < -0.39 is 7.14 Å². The summed E-state index contributed by atoms with van der Waals surface area (Å²) in [6.45, 7) is 1.75. The van der Waals surface area contributed by atoms with Crippen molar-refractivity contribution in [2.75, 3.05) is 0 Å². The highest BCUT2D eigenvalue weighted by Gasteiger charge is 2.33. The van der Waals surface area contributed by atoms with Gasteiger partial charge >= 0.3 is 0 Å². The van der Waals surface area contributed by atoms with Gasteiger partial charge in [0.2, 0.25) is 7.14 Å². The molecule has 0 N–H and O–H groups in total. The maximum Gasteiger partial charge on any atom is 0.205 e. The second kappa shape index (κ2) is 5.32. The van der Waals surface area contributed by atoms with Crippen molar-refractivity contribution in [1.29, 1.82) is 0 Å². The molecule has 0 saturated carbocycles. The number of hydrogen-bond acceptors (Lipinski definition) is 2. The third kappa shape index (κ3) is 2.16. The van der Waals surface area contributed by atoms with E-state index in [-0.39, 0.29) is 11.9 Å². The lowest BCUT2D eigenvalue weighted by atomic mass is 10.4. The van der Waals surface area contributed by atoms with Crippen LogP contribution in [0.5, 0.6) is 0 Å². The summed E-state index contributed by atoms with van der Waals surface area (Å²) in [5, 5.41) is 1.23. The topological polar surface area (TPSA) is 34.1 Å². The van der Waals surface area contributed by atoms with Crippen molar-refractivity contribution in [1.82, 2.24) is 0 Å². The van der Waals surface area contributed by atoms with E-state index in [1.54, 1.807) is 31.2 Å². The molecule has 0 atom stereocenters. The molecular formula is C15H15O2P. The van der Waals surface area contributed by atoms with Crippen LogP contribution in [0.15, 0.2) is 60.7 Å². The number of benzene rings is 2. The van der Waals surface area contributed by atoms with Crippen LogP contribution < -0.4 is 10.6 Å². The molecule has 0 amide bonds. The van der Waals surface area contributed by atoms with Crippen molar-refractivity contribution in [2.45, 2.75) is 13.3 Å². The molecule has 92 valence electrons.